The Kier molecular flexibility index (Phi) is 4.37. The topological polar surface area (TPSA) is 86.6 Å². The Morgan fingerprint density at radius 2 is 1.61 bits per heavy atom. The van der Waals surface area contributed by atoms with E-state index in [0.29, 0.717) is 6.07 Å². The molecule has 0 spiro atoms. The molecule has 122 valence electrons. The van der Waals surface area contributed by atoms with E-state index in [9.17, 15) is 33.0 Å². The number of aliphatic carboxylic acids is 2. The van der Waals surface area contributed by atoms with Crippen molar-refractivity contribution >= 4 is 23.5 Å². The number of hydrogen-bond acceptors (Lipinski definition) is 3. The fraction of sp³-hybridized carbons (Fsp3) is 0.143. The molecule has 1 aromatic rings. The fourth-order valence-corrected chi connectivity index (χ4v) is 2.45. The highest BCUT2D eigenvalue weighted by Crippen LogP contribution is 2.40. The second-order valence-electron chi connectivity index (χ2n) is 4.65. The first kappa shape index (κ1) is 16.9. The first-order chi connectivity index (χ1) is 10.6. The lowest BCUT2D eigenvalue weighted by Crippen LogP contribution is -2.25. The largest absolute Gasteiger partial charge is 0.478 e. The summed E-state index contributed by atoms with van der Waals surface area (Å²) in [5.74, 6) is -4.25. The van der Waals surface area contributed by atoms with E-state index in [-0.39, 0.29) is 16.7 Å². The second kappa shape index (κ2) is 5.96. The second-order valence-corrected chi connectivity index (χ2v) is 5.05. The first-order valence-corrected chi connectivity index (χ1v) is 6.50. The van der Waals surface area contributed by atoms with Crippen LogP contribution in [0.3, 0.4) is 0 Å². The summed E-state index contributed by atoms with van der Waals surface area (Å²) in [7, 11) is 0. The van der Waals surface area contributed by atoms with Crippen LogP contribution in [0.1, 0.15) is 17.0 Å². The average Bonchev–Trinajstić information content (AvgIpc) is 2.45. The smallest absolute Gasteiger partial charge is 0.417 e. The lowest BCUT2D eigenvalue weighted by atomic mass is 9.83. The van der Waals surface area contributed by atoms with Crippen LogP contribution in [0, 0.1) is 0 Å². The minimum Gasteiger partial charge on any atom is -0.478 e. The van der Waals surface area contributed by atoms with Gasteiger partial charge in [0.1, 0.15) is 0 Å². The van der Waals surface area contributed by atoms with Crippen LogP contribution in [-0.4, -0.2) is 22.2 Å². The number of benzene rings is 1. The van der Waals surface area contributed by atoms with E-state index in [0.717, 1.165) is 18.5 Å². The van der Waals surface area contributed by atoms with Crippen LogP contribution >= 0.6 is 11.6 Å². The number of alkyl halides is 3. The normalized spacial score (nSPS) is 15.5. The van der Waals surface area contributed by atoms with Gasteiger partial charge in [-0.3, -0.25) is 0 Å². The fourth-order valence-electron chi connectivity index (χ4n) is 2.22. The van der Waals surface area contributed by atoms with Crippen molar-refractivity contribution in [1.29, 1.82) is 0 Å². The molecule has 1 aliphatic rings. The minimum absolute atomic E-state index is 0.134. The molecule has 0 fully saturated rings. The molecule has 9 heteroatoms. The summed E-state index contributed by atoms with van der Waals surface area (Å²) in [6, 6.07) is 2.79. The molecule has 2 rings (SSSR count). The van der Waals surface area contributed by atoms with Crippen molar-refractivity contribution in [2.24, 2.45) is 0 Å². The summed E-state index contributed by atoms with van der Waals surface area (Å²) in [6.45, 7) is 0. The molecule has 3 N–H and O–H groups in total. The molecule has 5 nitrogen and oxygen atoms in total. The molecule has 0 atom stereocenters. The third-order valence-corrected chi connectivity index (χ3v) is 3.55. The maximum Gasteiger partial charge on any atom is 0.417 e. The van der Waals surface area contributed by atoms with Crippen LogP contribution in [0.15, 0.2) is 41.7 Å². The van der Waals surface area contributed by atoms with E-state index in [1.54, 1.807) is 0 Å². The molecule has 23 heavy (non-hydrogen) atoms. The number of halogens is 4. The van der Waals surface area contributed by atoms with Crippen LogP contribution in [-0.2, 0) is 15.8 Å². The van der Waals surface area contributed by atoms with Gasteiger partial charge in [-0.1, -0.05) is 17.7 Å². The van der Waals surface area contributed by atoms with E-state index < -0.39 is 34.6 Å². The number of carboxylic acids is 2. The summed E-state index contributed by atoms with van der Waals surface area (Å²) in [5.41, 5.74) is -2.07. The van der Waals surface area contributed by atoms with Crippen LogP contribution in [0.25, 0.3) is 0 Å². The minimum atomic E-state index is -4.75. The Morgan fingerprint density at radius 3 is 2.04 bits per heavy atom. The standard InChI is InChI=1S/C14H9ClF3NO4/c15-10-2-1-6(3-9(10)14(16,17)18)11-7(12(20)21)4-19-5-8(11)13(22)23/h1-5,11,19H,(H,20,21)(H,22,23). The maximum atomic E-state index is 12.9. The van der Waals surface area contributed by atoms with Gasteiger partial charge in [-0.15, -0.1) is 0 Å². The zero-order valence-electron chi connectivity index (χ0n) is 11.2. The van der Waals surface area contributed by atoms with Gasteiger partial charge in [0, 0.05) is 12.4 Å². The van der Waals surface area contributed by atoms with Crippen molar-refractivity contribution in [3.05, 3.63) is 57.9 Å². The Morgan fingerprint density at radius 1 is 1.09 bits per heavy atom. The number of nitrogens with one attached hydrogen (secondary N) is 1. The van der Waals surface area contributed by atoms with Crippen LogP contribution in [0.4, 0.5) is 13.2 Å². The summed E-state index contributed by atoms with van der Waals surface area (Å²) in [6.07, 6.45) is -2.69. The maximum absolute atomic E-state index is 12.9. The third kappa shape index (κ3) is 3.31. The van der Waals surface area contributed by atoms with Gasteiger partial charge in [-0.2, -0.15) is 13.2 Å². The molecule has 0 bridgehead atoms. The number of carboxylic acid groups (broad SMARTS) is 2. The van der Waals surface area contributed by atoms with Crippen LogP contribution < -0.4 is 5.32 Å². The lowest BCUT2D eigenvalue weighted by molar-refractivity contribution is -0.137. The van der Waals surface area contributed by atoms with Gasteiger partial charge in [0.25, 0.3) is 0 Å². The van der Waals surface area contributed by atoms with Crippen molar-refractivity contribution in [2.45, 2.75) is 12.1 Å². The molecule has 0 saturated heterocycles. The van der Waals surface area contributed by atoms with E-state index in [2.05, 4.69) is 5.32 Å². The van der Waals surface area contributed by atoms with Gasteiger partial charge >= 0.3 is 18.1 Å². The van der Waals surface area contributed by atoms with Gasteiger partial charge in [0.15, 0.2) is 0 Å². The van der Waals surface area contributed by atoms with Gasteiger partial charge in [-0.25, -0.2) is 9.59 Å². The predicted molar refractivity (Wildman–Crippen MR) is 73.8 cm³/mol. The zero-order chi connectivity index (χ0) is 17.4. The number of dihydropyridines is 1. The van der Waals surface area contributed by atoms with Crippen molar-refractivity contribution in [3.63, 3.8) is 0 Å². The van der Waals surface area contributed by atoms with Gasteiger partial charge in [0.2, 0.25) is 0 Å². The van der Waals surface area contributed by atoms with E-state index >= 15 is 0 Å². The Balaban J connectivity index is 2.62. The zero-order valence-corrected chi connectivity index (χ0v) is 11.9. The van der Waals surface area contributed by atoms with Crippen LogP contribution in [0.2, 0.25) is 5.02 Å². The van der Waals surface area contributed by atoms with Gasteiger partial charge < -0.3 is 15.5 Å². The summed E-state index contributed by atoms with van der Waals surface area (Å²) in [4.78, 5) is 22.6. The van der Waals surface area contributed by atoms with E-state index in [1.165, 1.54) is 6.07 Å². The molecule has 0 aliphatic carbocycles. The molecule has 0 radical (unpaired) electrons. The van der Waals surface area contributed by atoms with Gasteiger partial charge in [0.05, 0.1) is 27.7 Å². The molecule has 0 saturated carbocycles. The van der Waals surface area contributed by atoms with Crippen molar-refractivity contribution in [2.75, 3.05) is 0 Å². The highest BCUT2D eigenvalue weighted by Gasteiger charge is 2.37. The monoisotopic (exact) mass is 347 g/mol. The molecule has 1 aromatic carbocycles. The summed E-state index contributed by atoms with van der Waals surface area (Å²) in [5, 5.41) is 20.2. The highest BCUT2D eigenvalue weighted by atomic mass is 35.5. The van der Waals surface area contributed by atoms with E-state index in [1.807, 2.05) is 0 Å². The van der Waals surface area contributed by atoms with E-state index in [4.69, 9.17) is 11.6 Å². The molecule has 1 heterocycles. The highest BCUT2D eigenvalue weighted by molar-refractivity contribution is 6.31. The number of hydrogen-bond donors (Lipinski definition) is 3. The quantitative estimate of drug-likeness (QED) is 0.782. The van der Waals surface area contributed by atoms with Crippen molar-refractivity contribution in [1.82, 2.24) is 5.32 Å². The number of carbonyl (C=O) groups is 2. The molecule has 0 unspecified atom stereocenters. The Bertz CT molecular complexity index is 710. The van der Waals surface area contributed by atoms with Crippen molar-refractivity contribution in [3.8, 4) is 0 Å². The molecular formula is C14H9ClF3NO4. The summed E-state index contributed by atoms with van der Waals surface area (Å²) >= 11 is 5.52. The Labute approximate surface area is 132 Å². The summed E-state index contributed by atoms with van der Waals surface area (Å²) < 4.78 is 38.8. The Hall–Kier alpha value is -2.48. The SMILES string of the molecule is O=C(O)C1=CNC=C(C(=O)O)C1c1ccc(Cl)c(C(F)(F)F)c1. The van der Waals surface area contributed by atoms with Crippen molar-refractivity contribution < 1.29 is 33.0 Å². The molecule has 0 aromatic heterocycles. The van der Waals surface area contributed by atoms with Gasteiger partial charge in [-0.05, 0) is 17.7 Å². The average molecular weight is 348 g/mol. The molecule has 0 amide bonds. The third-order valence-electron chi connectivity index (χ3n) is 3.22. The first-order valence-electron chi connectivity index (χ1n) is 6.12. The lowest BCUT2D eigenvalue weighted by Gasteiger charge is -2.23. The predicted octanol–water partition coefficient (Wildman–Crippen LogP) is 2.98. The molecule has 1 aliphatic heterocycles. The van der Waals surface area contributed by atoms with Crippen LogP contribution in [0.5, 0.6) is 0 Å². The molecular weight excluding hydrogens is 339 g/mol. The number of rotatable bonds is 3.